The first kappa shape index (κ1) is 22.1. The molecule has 2 heterocycles. The van der Waals surface area contributed by atoms with Crippen molar-refractivity contribution in [1.29, 1.82) is 5.41 Å². The molecular weight excluding hydrogens is 400 g/mol. The molecule has 2 fully saturated rings. The number of rotatable bonds is 5. The fourth-order valence-corrected chi connectivity index (χ4v) is 4.66. The quantitative estimate of drug-likeness (QED) is 0.733. The molecule has 2 amide bonds. The standard InChI is InChI=1S/C26H32N4O2/c1-17(2)26(4)15-24(32)30(25(27)28-26)18(3)20-11-8-12-22(13-20)29-16-21(14-23(29)31)19-9-6-5-7-10-19/h5-13,17-18,21H,14-16H2,1-4H3,(H2,27,28)/t18-,21+,26-/m0/s1. The third-order valence-electron chi connectivity index (χ3n) is 7.15. The third kappa shape index (κ3) is 4.01. The van der Waals surface area contributed by atoms with Crippen molar-refractivity contribution >= 4 is 23.5 Å². The fourth-order valence-electron chi connectivity index (χ4n) is 4.66. The summed E-state index contributed by atoms with van der Waals surface area (Å²) in [5.41, 5.74) is 2.51. The third-order valence-corrected chi connectivity index (χ3v) is 7.15. The Labute approximate surface area is 190 Å². The van der Waals surface area contributed by atoms with Crippen LogP contribution in [0.4, 0.5) is 5.69 Å². The van der Waals surface area contributed by atoms with E-state index < -0.39 is 5.54 Å². The number of carbonyl (C=O) groups is 2. The molecule has 0 aliphatic carbocycles. The summed E-state index contributed by atoms with van der Waals surface area (Å²) in [6, 6.07) is 17.7. The molecule has 168 valence electrons. The van der Waals surface area contributed by atoms with Crippen molar-refractivity contribution in [3.8, 4) is 0 Å². The molecule has 2 aromatic carbocycles. The average molecular weight is 433 g/mol. The summed E-state index contributed by atoms with van der Waals surface area (Å²) in [6.45, 7) is 8.70. The van der Waals surface area contributed by atoms with Crippen LogP contribution < -0.4 is 10.2 Å². The average Bonchev–Trinajstić information content (AvgIpc) is 3.15. The van der Waals surface area contributed by atoms with Gasteiger partial charge in [-0.3, -0.25) is 19.9 Å². The van der Waals surface area contributed by atoms with Crippen LogP contribution in [0, 0.1) is 11.3 Å². The van der Waals surface area contributed by atoms with E-state index in [9.17, 15) is 9.59 Å². The van der Waals surface area contributed by atoms with Crippen LogP contribution in [0.25, 0.3) is 0 Å². The second-order valence-corrected chi connectivity index (χ2v) is 9.57. The zero-order chi connectivity index (χ0) is 23.0. The van der Waals surface area contributed by atoms with Gasteiger partial charge >= 0.3 is 0 Å². The molecule has 0 spiro atoms. The van der Waals surface area contributed by atoms with Crippen LogP contribution in [0.5, 0.6) is 0 Å². The maximum atomic E-state index is 13.0. The van der Waals surface area contributed by atoms with Gasteiger partial charge in [-0.15, -0.1) is 0 Å². The minimum Gasteiger partial charge on any atom is -0.350 e. The number of benzene rings is 2. The molecule has 32 heavy (non-hydrogen) atoms. The highest BCUT2D eigenvalue weighted by Gasteiger charge is 2.42. The lowest BCUT2D eigenvalue weighted by Gasteiger charge is -2.45. The predicted molar refractivity (Wildman–Crippen MR) is 127 cm³/mol. The number of nitrogens with one attached hydrogen (secondary N) is 2. The van der Waals surface area contributed by atoms with Gasteiger partial charge in [-0.2, -0.15) is 0 Å². The van der Waals surface area contributed by atoms with E-state index in [-0.39, 0.29) is 35.7 Å². The van der Waals surface area contributed by atoms with Crippen LogP contribution >= 0.6 is 0 Å². The van der Waals surface area contributed by atoms with Crippen molar-refractivity contribution in [2.24, 2.45) is 5.92 Å². The maximum Gasteiger partial charge on any atom is 0.232 e. The van der Waals surface area contributed by atoms with Gasteiger partial charge in [0.1, 0.15) is 0 Å². The summed E-state index contributed by atoms with van der Waals surface area (Å²) in [7, 11) is 0. The van der Waals surface area contributed by atoms with Crippen LogP contribution in [0.2, 0.25) is 0 Å². The highest BCUT2D eigenvalue weighted by molar-refractivity contribution is 6.00. The smallest absolute Gasteiger partial charge is 0.232 e. The molecule has 0 saturated carbocycles. The van der Waals surface area contributed by atoms with Gasteiger partial charge in [0.2, 0.25) is 11.8 Å². The monoisotopic (exact) mass is 432 g/mol. The van der Waals surface area contributed by atoms with Gasteiger partial charge in [0.15, 0.2) is 5.96 Å². The SMILES string of the molecule is CC(C)[C@]1(C)CC(=O)N([C@@H](C)c2cccc(N3C[C@H](c4ccccc4)CC3=O)c2)C(=N)N1. The van der Waals surface area contributed by atoms with Gasteiger partial charge in [-0.1, -0.05) is 56.3 Å². The van der Waals surface area contributed by atoms with E-state index in [0.717, 1.165) is 11.3 Å². The first-order valence-corrected chi connectivity index (χ1v) is 11.3. The molecule has 2 aromatic rings. The maximum absolute atomic E-state index is 13.0. The second kappa shape index (κ2) is 8.41. The van der Waals surface area contributed by atoms with E-state index in [4.69, 9.17) is 5.41 Å². The van der Waals surface area contributed by atoms with Gasteiger partial charge in [-0.05, 0) is 43.0 Å². The number of anilines is 1. The summed E-state index contributed by atoms with van der Waals surface area (Å²) >= 11 is 0. The number of carbonyl (C=O) groups excluding carboxylic acids is 2. The molecule has 4 rings (SSSR count). The van der Waals surface area contributed by atoms with Gasteiger partial charge in [0.25, 0.3) is 0 Å². The van der Waals surface area contributed by atoms with Crippen LogP contribution in [0.1, 0.15) is 63.6 Å². The Bertz CT molecular complexity index is 1020. The van der Waals surface area contributed by atoms with Crippen molar-refractivity contribution in [2.45, 2.75) is 58.0 Å². The Kier molecular flexibility index (Phi) is 5.80. The zero-order valence-electron chi connectivity index (χ0n) is 19.3. The summed E-state index contributed by atoms with van der Waals surface area (Å²) in [5, 5.41) is 11.8. The minimum absolute atomic E-state index is 0.0516. The molecule has 3 atom stereocenters. The Hall–Kier alpha value is -3.15. The second-order valence-electron chi connectivity index (χ2n) is 9.57. The van der Waals surface area contributed by atoms with Crippen LogP contribution in [-0.2, 0) is 9.59 Å². The molecule has 0 unspecified atom stereocenters. The van der Waals surface area contributed by atoms with Crippen LogP contribution in [-0.4, -0.2) is 34.8 Å². The number of guanidine groups is 1. The van der Waals surface area contributed by atoms with E-state index in [0.29, 0.717) is 19.4 Å². The van der Waals surface area contributed by atoms with Crippen molar-refractivity contribution in [1.82, 2.24) is 10.2 Å². The first-order chi connectivity index (χ1) is 15.2. The molecule has 0 aromatic heterocycles. The molecule has 2 saturated heterocycles. The topological polar surface area (TPSA) is 76.5 Å². The molecule has 0 bridgehead atoms. The van der Waals surface area contributed by atoms with Gasteiger partial charge in [-0.25, -0.2) is 0 Å². The molecule has 6 nitrogen and oxygen atoms in total. The summed E-state index contributed by atoms with van der Waals surface area (Å²) in [6.07, 6.45) is 0.844. The molecule has 2 aliphatic heterocycles. The summed E-state index contributed by atoms with van der Waals surface area (Å²) in [4.78, 5) is 29.2. The number of hydrogen-bond acceptors (Lipinski definition) is 3. The summed E-state index contributed by atoms with van der Waals surface area (Å²) < 4.78 is 0. The molecular formula is C26H32N4O2. The lowest BCUT2D eigenvalue weighted by Crippen LogP contribution is -2.63. The Morgan fingerprint density at radius 3 is 2.41 bits per heavy atom. The zero-order valence-corrected chi connectivity index (χ0v) is 19.3. The number of nitrogens with zero attached hydrogens (tertiary/aromatic N) is 2. The lowest BCUT2D eigenvalue weighted by molar-refractivity contribution is -0.132. The highest BCUT2D eigenvalue weighted by Crippen LogP contribution is 2.35. The molecule has 0 radical (unpaired) electrons. The Morgan fingerprint density at radius 2 is 1.75 bits per heavy atom. The fraction of sp³-hybridized carbons (Fsp3) is 0.423. The van der Waals surface area contributed by atoms with Crippen LogP contribution in [0.3, 0.4) is 0 Å². The molecule has 2 N–H and O–H groups in total. The Balaban J connectivity index is 1.54. The molecule has 2 aliphatic rings. The van der Waals surface area contributed by atoms with Crippen molar-refractivity contribution in [3.05, 3.63) is 65.7 Å². The minimum atomic E-state index is -0.416. The normalized spacial score (nSPS) is 24.8. The molecule has 6 heteroatoms. The number of amides is 2. The van der Waals surface area contributed by atoms with Gasteiger partial charge < -0.3 is 10.2 Å². The first-order valence-electron chi connectivity index (χ1n) is 11.3. The van der Waals surface area contributed by atoms with Crippen LogP contribution in [0.15, 0.2) is 54.6 Å². The van der Waals surface area contributed by atoms with E-state index >= 15 is 0 Å². The van der Waals surface area contributed by atoms with E-state index in [1.165, 1.54) is 10.5 Å². The van der Waals surface area contributed by atoms with Crippen molar-refractivity contribution < 1.29 is 9.59 Å². The summed E-state index contributed by atoms with van der Waals surface area (Å²) in [5.74, 6) is 0.603. The van der Waals surface area contributed by atoms with Gasteiger partial charge in [0, 0.05) is 30.1 Å². The highest BCUT2D eigenvalue weighted by atomic mass is 16.2. The Morgan fingerprint density at radius 1 is 1.03 bits per heavy atom. The lowest BCUT2D eigenvalue weighted by atomic mass is 9.83. The van der Waals surface area contributed by atoms with E-state index in [1.807, 2.05) is 61.2 Å². The number of hydrogen-bond donors (Lipinski definition) is 2. The van der Waals surface area contributed by atoms with E-state index in [1.54, 1.807) is 0 Å². The van der Waals surface area contributed by atoms with E-state index in [2.05, 4.69) is 31.3 Å². The van der Waals surface area contributed by atoms with Crippen molar-refractivity contribution in [2.75, 3.05) is 11.4 Å². The van der Waals surface area contributed by atoms with Gasteiger partial charge in [0.05, 0.1) is 12.5 Å². The van der Waals surface area contributed by atoms with Crippen molar-refractivity contribution in [3.63, 3.8) is 0 Å². The predicted octanol–water partition coefficient (Wildman–Crippen LogP) is 4.44. The largest absolute Gasteiger partial charge is 0.350 e.